The molecular weight excluding hydrogens is 320 g/mol. The zero-order valence-electron chi connectivity index (χ0n) is 13.6. The van der Waals surface area contributed by atoms with E-state index in [2.05, 4.69) is 20.3 Å². The summed E-state index contributed by atoms with van der Waals surface area (Å²) in [6, 6.07) is 11.2. The molecule has 2 N–H and O–H groups in total. The van der Waals surface area contributed by atoms with Crippen molar-refractivity contribution >= 4 is 16.9 Å². The predicted molar refractivity (Wildman–Crippen MR) is 91.4 cm³/mol. The van der Waals surface area contributed by atoms with E-state index in [4.69, 9.17) is 9.47 Å². The van der Waals surface area contributed by atoms with Crippen molar-refractivity contribution in [3.05, 3.63) is 54.0 Å². The molecule has 0 aliphatic carbocycles. The first-order valence-electron chi connectivity index (χ1n) is 8.21. The van der Waals surface area contributed by atoms with Crippen molar-refractivity contribution in [3.8, 4) is 5.88 Å². The minimum atomic E-state index is -0.248. The lowest BCUT2D eigenvalue weighted by molar-refractivity contribution is 0.0936. The fourth-order valence-corrected chi connectivity index (χ4v) is 2.77. The number of amides is 1. The SMILES string of the molecule is O=C(NCc1nc2ccccc2[nH]1)c1cccnc1O[C@@H]1CCOC1. The molecule has 0 spiro atoms. The molecule has 3 aromatic rings. The summed E-state index contributed by atoms with van der Waals surface area (Å²) in [5.41, 5.74) is 2.22. The number of para-hydroxylation sites is 2. The van der Waals surface area contributed by atoms with E-state index >= 15 is 0 Å². The molecule has 1 atom stereocenters. The fourth-order valence-electron chi connectivity index (χ4n) is 2.77. The van der Waals surface area contributed by atoms with E-state index in [1.165, 1.54) is 0 Å². The van der Waals surface area contributed by atoms with Gasteiger partial charge < -0.3 is 19.8 Å². The Labute approximate surface area is 144 Å². The standard InChI is InChI=1S/C18H18N4O3/c23-17(20-10-16-21-14-5-1-2-6-15(14)22-16)13-4-3-8-19-18(13)25-12-7-9-24-11-12/h1-6,8,12H,7,9-11H2,(H,20,23)(H,21,22)/t12-/m1/s1. The van der Waals surface area contributed by atoms with E-state index in [1.54, 1.807) is 18.3 Å². The van der Waals surface area contributed by atoms with Crippen LogP contribution in [0.2, 0.25) is 0 Å². The van der Waals surface area contributed by atoms with Gasteiger partial charge in [-0.3, -0.25) is 4.79 Å². The number of carbonyl (C=O) groups is 1. The number of pyridine rings is 1. The first kappa shape index (κ1) is 15.6. The third-order valence-electron chi connectivity index (χ3n) is 4.04. The summed E-state index contributed by atoms with van der Waals surface area (Å²) < 4.78 is 11.1. The zero-order chi connectivity index (χ0) is 17.1. The molecule has 7 nitrogen and oxygen atoms in total. The first-order chi connectivity index (χ1) is 12.3. The maximum atomic E-state index is 12.5. The number of hydrogen-bond donors (Lipinski definition) is 2. The molecule has 0 bridgehead atoms. The van der Waals surface area contributed by atoms with Crippen LogP contribution in [0.25, 0.3) is 11.0 Å². The monoisotopic (exact) mass is 338 g/mol. The van der Waals surface area contributed by atoms with Gasteiger partial charge in [-0.05, 0) is 24.3 Å². The first-order valence-corrected chi connectivity index (χ1v) is 8.21. The van der Waals surface area contributed by atoms with Gasteiger partial charge in [0.05, 0.1) is 30.8 Å². The Balaban J connectivity index is 1.45. The second-order valence-corrected chi connectivity index (χ2v) is 5.84. The topological polar surface area (TPSA) is 89.1 Å². The van der Waals surface area contributed by atoms with Crippen molar-refractivity contribution in [3.63, 3.8) is 0 Å². The molecule has 3 heterocycles. The van der Waals surface area contributed by atoms with E-state index in [-0.39, 0.29) is 12.0 Å². The van der Waals surface area contributed by atoms with Gasteiger partial charge in [0.25, 0.3) is 5.91 Å². The second kappa shape index (κ2) is 6.90. The second-order valence-electron chi connectivity index (χ2n) is 5.84. The quantitative estimate of drug-likeness (QED) is 0.743. The summed E-state index contributed by atoms with van der Waals surface area (Å²) in [5.74, 6) is 0.785. The van der Waals surface area contributed by atoms with Crippen molar-refractivity contribution in [2.24, 2.45) is 0 Å². The normalized spacial score (nSPS) is 16.9. The van der Waals surface area contributed by atoms with Gasteiger partial charge in [-0.2, -0.15) is 0 Å². The van der Waals surface area contributed by atoms with Gasteiger partial charge in [0, 0.05) is 12.6 Å². The molecule has 1 fully saturated rings. The fraction of sp³-hybridized carbons (Fsp3) is 0.278. The van der Waals surface area contributed by atoms with Gasteiger partial charge in [0.15, 0.2) is 0 Å². The molecule has 1 amide bonds. The maximum Gasteiger partial charge on any atom is 0.257 e. The summed E-state index contributed by atoms with van der Waals surface area (Å²) >= 11 is 0. The van der Waals surface area contributed by atoms with Crippen molar-refractivity contribution in [2.75, 3.05) is 13.2 Å². The molecule has 1 aromatic carbocycles. The van der Waals surface area contributed by atoms with Crippen LogP contribution < -0.4 is 10.1 Å². The van der Waals surface area contributed by atoms with E-state index in [0.717, 1.165) is 17.5 Å². The minimum Gasteiger partial charge on any atom is -0.471 e. The number of fused-ring (bicyclic) bond motifs is 1. The Bertz CT molecular complexity index is 854. The smallest absolute Gasteiger partial charge is 0.257 e. The van der Waals surface area contributed by atoms with Gasteiger partial charge in [-0.1, -0.05) is 12.1 Å². The largest absolute Gasteiger partial charge is 0.471 e. The molecule has 128 valence electrons. The summed E-state index contributed by atoms with van der Waals surface area (Å²) in [4.78, 5) is 24.4. The Morgan fingerprint density at radius 3 is 3.08 bits per heavy atom. The summed E-state index contributed by atoms with van der Waals surface area (Å²) in [6.45, 7) is 1.50. The molecule has 1 aliphatic heterocycles. The van der Waals surface area contributed by atoms with Gasteiger partial charge in [0.2, 0.25) is 5.88 Å². The molecule has 0 radical (unpaired) electrons. The molecule has 4 rings (SSSR count). The number of aromatic amines is 1. The van der Waals surface area contributed by atoms with E-state index in [9.17, 15) is 4.79 Å². The highest BCUT2D eigenvalue weighted by Crippen LogP contribution is 2.19. The molecule has 1 saturated heterocycles. The van der Waals surface area contributed by atoms with Gasteiger partial charge in [0.1, 0.15) is 17.5 Å². The summed E-state index contributed by atoms with van der Waals surface area (Å²) in [5, 5.41) is 2.86. The van der Waals surface area contributed by atoms with Crippen LogP contribution in [0.15, 0.2) is 42.6 Å². The van der Waals surface area contributed by atoms with Crippen LogP contribution in [0.5, 0.6) is 5.88 Å². The van der Waals surface area contributed by atoms with E-state index in [0.29, 0.717) is 37.0 Å². The van der Waals surface area contributed by atoms with Crippen LogP contribution in [0.1, 0.15) is 22.6 Å². The number of benzene rings is 1. The number of hydrogen-bond acceptors (Lipinski definition) is 5. The molecule has 7 heteroatoms. The average Bonchev–Trinajstić information content (AvgIpc) is 3.29. The lowest BCUT2D eigenvalue weighted by Crippen LogP contribution is -2.26. The van der Waals surface area contributed by atoms with Crippen molar-refractivity contribution in [1.82, 2.24) is 20.3 Å². The van der Waals surface area contributed by atoms with E-state index < -0.39 is 0 Å². The van der Waals surface area contributed by atoms with Crippen molar-refractivity contribution in [1.29, 1.82) is 0 Å². The molecular formula is C18H18N4O3. The maximum absolute atomic E-state index is 12.5. The number of carbonyl (C=O) groups excluding carboxylic acids is 1. The lowest BCUT2D eigenvalue weighted by atomic mass is 10.2. The molecule has 0 unspecified atom stereocenters. The number of rotatable bonds is 5. The molecule has 0 saturated carbocycles. The molecule has 1 aliphatic rings. The van der Waals surface area contributed by atoms with Crippen LogP contribution in [0.3, 0.4) is 0 Å². The lowest BCUT2D eigenvalue weighted by Gasteiger charge is -2.13. The van der Waals surface area contributed by atoms with Crippen LogP contribution in [0, 0.1) is 0 Å². The number of nitrogens with zero attached hydrogens (tertiary/aromatic N) is 2. The zero-order valence-corrected chi connectivity index (χ0v) is 13.6. The minimum absolute atomic E-state index is 0.0585. The van der Waals surface area contributed by atoms with Crippen LogP contribution in [0.4, 0.5) is 0 Å². The highest BCUT2D eigenvalue weighted by atomic mass is 16.5. The summed E-state index contributed by atoms with van der Waals surface area (Å²) in [6.07, 6.45) is 2.36. The Hall–Kier alpha value is -2.93. The van der Waals surface area contributed by atoms with Gasteiger partial charge >= 0.3 is 0 Å². The number of imidazole rings is 1. The highest BCUT2D eigenvalue weighted by Gasteiger charge is 2.21. The van der Waals surface area contributed by atoms with Crippen LogP contribution >= 0.6 is 0 Å². The number of nitrogens with one attached hydrogen (secondary N) is 2. The number of H-pyrrole nitrogens is 1. The van der Waals surface area contributed by atoms with Gasteiger partial charge in [-0.25, -0.2) is 9.97 Å². The average molecular weight is 338 g/mol. The van der Waals surface area contributed by atoms with Gasteiger partial charge in [-0.15, -0.1) is 0 Å². The predicted octanol–water partition coefficient (Wildman–Crippen LogP) is 2.06. The number of aromatic nitrogens is 3. The highest BCUT2D eigenvalue weighted by molar-refractivity contribution is 5.96. The van der Waals surface area contributed by atoms with Crippen LogP contribution in [-0.4, -0.2) is 40.2 Å². The van der Waals surface area contributed by atoms with Crippen LogP contribution in [-0.2, 0) is 11.3 Å². The third-order valence-corrected chi connectivity index (χ3v) is 4.04. The number of ether oxygens (including phenoxy) is 2. The summed E-state index contributed by atoms with van der Waals surface area (Å²) in [7, 11) is 0. The Kier molecular flexibility index (Phi) is 4.30. The Morgan fingerprint density at radius 1 is 1.32 bits per heavy atom. The molecule has 25 heavy (non-hydrogen) atoms. The van der Waals surface area contributed by atoms with Crippen molar-refractivity contribution in [2.45, 2.75) is 19.1 Å². The Morgan fingerprint density at radius 2 is 2.24 bits per heavy atom. The van der Waals surface area contributed by atoms with E-state index in [1.807, 2.05) is 24.3 Å². The third kappa shape index (κ3) is 3.46. The van der Waals surface area contributed by atoms with Crippen molar-refractivity contribution < 1.29 is 14.3 Å². The molecule has 2 aromatic heterocycles.